The first-order valence-electron chi connectivity index (χ1n) is 15.1. The highest BCUT2D eigenvalue weighted by Gasteiger charge is 2.45. The fourth-order valence-corrected chi connectivity index (χ4v) is 7.92. The van der Waals surface area contributed by atoms with Crippen molar-refractivity contribution in [2.24, 2.45) is 0 Å². The number of hydrogen-bond acceptors (Lipinski definition) is 8. The molecule has 45 heavy (non-hydrogen) atoms. The van der Waals surface area contributed by atoms with Gasteiger partial charge in [-0.15, -0.1) is 0 Å². The number of fused-ring (bicyclic) bond motifs is 3. The van der Waals surface area contributed by atoms with Crippen molar-refractivity contribution < 1.29 is 13.5 Å². The lowest BCUT2D eigenvalue weighted by Crippen LogP contribution is -2.51. The van der Waals surface area contributed by atoms with Crippen molar-refractivity contribution in [3.05, 3.63) is 58.1 Å². The Morgan fingerprint density at radius 1 is 1.02 bits per heavy atom. The molecule has 3 fully saturated rings. The second-order valence-corrected chi connectivity index (χ2v) is 12.8. The first kappa shape index (κ1) is 29.7. The molecule has 1 aromatic heterocycles. The summed E-state index contributed by atoms with van der Waals surface area (Å²) in [5, 5.41) is 20.4. The molecule has 4 aromatic rings. The van der Waals surface area contributed by atoms with Crippen molar-refractivity contribution in [1.82, 2.24) is 19.8 Å². The highest BCUT2D eigenvalue weighted by molar-refractivity contribution is 6.38. The third-order valence-corrected chi connectivity index (χ3v) is 10.2. The summed E-state index contributed by atoms with van der Waals surface area (Å²) >= 11 is 13.3. The zero-order valence-electron chi connectivity index (χ0n) is 24.4. The van der Waals surface area contributed by atoms with Gasteiger partial charge in [0, 0.05) is 36.0 Å². The molecular formula is C33H29Cl2F2N7O. The van der Waals surface area contributed by atoms with Gasteiger partial charge in [-0.25, -0.2) is 8.78 Å². The van der Waals surface area contributed by atoms with E-state index in [1.165, 1.54) is 6.07 Å². The summed E-state index contributed by atoms with van der Waals surface area (Å²) < 4.78 is 37.8. The van der Waals surface area contributed by atoms with Crippen LogP contribution in [-0.4, -0.2) is 70.7 Å². The van der Waals surface area contributed by atoms with E-state index in [0.717, 1.165) is 38.8 Å². The van der Waals surface area contributed by atoms with Crippen molar-refractivity contribution in [3.8, 4) is 29.4 Å². The van der Waals surface area contributed by atoms with E-state index < -0.39 is 11.6 Å². The largest absolute Gasteiger partial charge is 0.461 e. The number of hydrogen-bond donors (Lipinski definition) is 0. The fourth-order valence-electron chi connectivity index (χ4n) is 7.35. The van der Waals surface area contributed by atoms with Crippen molar-refractivity contribution in [1.29, 1.82) is 10.5 Å². The van der Waals surface area contributed by atoms with Crippen LogP contribution >= 0.6 is 23.2 Å². The normalized spacial score (nSPS) is 19.6. The average Bonchev–Trinajstić information content (AvgIpc) is 3.63. The zero-order valence-corrected chi connectivity index (χ0v) is 25.9. The average molecular weight is 649 g/mol. The van der Waals surface area contributed by atoms with Crippen molar-refractivity contribution >= 4 is 50.7 Å². The summed E-state index contributed by atoms with van der Waals surface area (Å²) in [6.07, 6.45) is 6.56. The lowest BCUT2D eigenvalue weighted by molar-refractivity contribution is 0.108. The molecule has 1 unspecified atom stereocenters. The van der Waals surface area contributed by atoms with Crippen LogP contribution in [0, 0.1) is 34.4 Å². The lowest BCUT2D eigenvalue weighted by Gasteiger charge is -2.38. The summed E-state index contributed by atoms with van der Waals surface area (Å²) in [6.45, 7) is 3.55. The summed E-state index contributed by atoms with van der Waals surface area (Å²) in [7, 11) is 0. The van der Waals surface area contributed by atoms with Gasteiger partial charge in [0.1, 0.15) is 23.8 Å². The Kier molecular flexibility index (Phi) is 7.77. The molecule has 0 spiro atoms. The smallest absolute Gasteiger partial charge is 0.319 e. The second kappa shape index (κ2) is 11.8. The van der Waals surface area contributed by atoms with E-state index in [9.17, 15) is 14.9 Å². The minimum Gasteiger partial charge on any atom is -0.461 e. The van der Waals surface area contributed by atoms with Gasteiger partial charge < -0.3 is 14.5 Å². The number of rotatable bonds is 6. The van der Waals surface area contributed by atoms with Crippen LogP contribution in [0.5, 0.6) is 6.01 Å². The van der Waals surface area contributed by atoms with Gasteiger partial charge in [-0.1, -0.05) is 47.5 Å². The van der Waals surface area contributed by atoms with Crippen LogP contribution in [0.1, 0.15) is 32.1 Å². The molecule has 0 saturated carbocycles. The van der Waals surface area contributed by atoms with Crippen LogP contribution in [0.4, 0.5) is 14.6 Å². The Morgan fingerprint density at radius 3 is 2.58 bits per heavy atom. The van der Waals surface area contributed by atoms with Gasteiger partial charge in [0.25, 0.3) is 0 Å². The fraction of sp³-hybridized carbons (Fsp3) is 0.394. The van der Waals surface area contributed by atoms with E-state index in [0.29, 0.717) is 53.8 Å². The van der Waals surface area contributed by atoms with E-state index in [4.69, 9.17) is 32.9 Å². The molecule has 3 aliphatic heterocycles. The third kappa shape index (κ3) is 5.06. The Balaban J connectivity index is 1.38. The van der Waals surface area contributed by atoms with E-state index in [1.807, 2.05) is 4.90 Å². The number of aromatic nitrogens is 2. The maximum Gasteiger partial charge on any atom is 0.319 e. The van der Waals surface area contributed by atoms with Crippen molar-refractivity contribution in [3.63, 3.8) is 0 Å². The molecule has 3 aliphatic rings. The predicted octanol–water partition coefficient (Wildman–Crippen LogP) is 6.93. The molecule has 0 radical (unpaired) electrons. The Labute approximate surface area is 269 Å². The molecular weight excluding hydrogens is 619 g/mol. The van der Waals surface area contributed by atoms with Crippen LogP contribution in [0.2, 0.25) is 10.0 Å². The first-order valence-corrected chi connectivity index (χ1v) is 15.8. The van der Waals surface area contributed by atoms with Crippen LogP contribution in [0.25, 0.3) is 32.8 Å². The predicted molar refractivity (Wildman–Crippen MR) is 169 cm³/mol. The summed E-state index contributed by atoms with van der Waals surface area (Å²) in [5.41, 5.74) is 0.311. The maximum absolute atomic E-state index is 16.9. The molecule has 3 aromatic carbocycles. The van der Waals surface area contributed by atoms with Crippen LogP contribution < -0.4 is 9.64 Å². The number of nitriles is 2. The highest BCUT2D eigenvalue weighted by Crippen LogP contribution is 2.44. The van der Waals surface area contributed by atoms with Gasteiger partial charge in [0.2, 0.25) is 0 Å². The molecule has 0 aliphatic carbocycles. The third-order valence-electron chi connectivity index (χ3n) is 9.57. The lowest BCUT2D eigenvalue weighted by atomic mass is 9.95. The van der Waals surface area contributed by atoms with E-state index >= 15 is 4.39 Å². The molecule has 12 heteroatoms. The molecule has 3 saturated heterocycles. The minimum atomic E-state index is -0.704. The summed E-state index contributed by atoms with van der Waals surface area (Å²) in [4.78, 5) is 15.4. The van der Waals surface area contributed by atoms with Crippen molar-refractivity contribution in [2.75, 3.05) is 44.2 Å². The van der Waals surface area contributed by atoms with Gasteiger partial charge >= 0.3 is 6.01 Å². The summed E-state index contributed by atoms with van der Waals surface area (Å²) in [5.74, 6) is -0.911. The van der Waals surface area contributed by atoms with E-state index in [-0.39, 0.29) is 45.1 Å². The summed E-state index contributed by atoms with van der Waals surface area (Å²) in [6, 6.07) is 11.5. The van der Waals surface area contributed by atoms with Crippen LogP contribution in [0.3, 0.4) is 0 Å². The number of ether oxygens (including phenoxy) is 1. The molecule has 1 atom stereocenters. The Morgan fingerprint density at radius 2 is 1.82 bits per heavy atom. The first-order chi connectivity index (χ1) is 21.8. The number of nitrogens with zero attached hydrogens (tertiary/aromatic N) is 7. The quantitative estimate of drug-likeness (QED) is 0.208. The number of anilines is 1. The molecule has 0 amide bonds. The maximum atomic E-state index is 16.9. The van der Waals surface area contributed by atoms with Crippen LogP contribution in [0.15, 0.2) is 36.4 Å². The number of benzene rings is 3. The van der Waals surface area contributed by atoms with Gasteiger partial charge in [-0.3, -0.25) is 4.90 Å². The van der Waals surface area contributed by atoms with E-state index in [2.05, 4.69) is 22.1 Å². The molecule has 8 nitrogen and oxygen atoms in total. The topological polar surface area (TPSA) is 92.3 Å². The van der Waals surface area contributed by atoms with Gasteiger partial charge in [0.05, 0.1) is 34.1 Å². The monoisotopic (exact) mass is 647 g/mol. The van der Waals surface area contributed by atoms with Crippen LogP contribution in [-0.2, 0) is 0 Å². The standard InChI is InChI=1S/C33H29Cl2F2N7O/c34-24-16-23-30(29(37)27(24)22-5-1-4-20-6-7-25(36)28(35)26(20)22)40-32(45-18-33-9-2-12-44(33)13-3-10-33)41-31(23)42-14-15-43(19-39)21(17-42)8-11-38/h1,4-7,16,21H,2-3,8-10,12-15,17-18H2. The van der Waals surface area contributed by atoms with Gasteiger partial charge in [0.15, 0.2) is 12.0 Å². The Hall–Kier alpha value is -3.96. The molecule has 7 rings (SSSR count). The Bertz CT molecular complexity index is 1900. The van der Waals surface area contributed by atoms with E-state index in [1.54, 1.807) is 35.2 Å². The zero-order chi connectivity index (χ0) is 31.3. The molecule has 230 valence electrons. The highest BCUT2D eigenvalue weighted by atomic mass is 35.5. The second-order valence-electron chi connectivity index (χ2n) is 12.0. The number of piperazine rings is 1. The molecule has 4 heterocycles. The number of halogens is 4. The van der Waals surface area contributed by atoms with Crippen molar-refractivity contribution in [2.45, 2.75) is 43.7 Å². The van der Waals surface area contributed by atoms with Gasteiger partial charge in [-0.2, -0.15) is 20.5 Å². The SMILES string of the molecule is N#CCC1CN(c2nc(OCC34CCCN3CCC4)nc3c(F)c(-c4cccc5ccc(F)c(Cl)c45)c(Cl)cc23)CCN1C#N. The minimum absolute atomic E-state index is 0.00525. The van der Waals surface area contributed by atoms with Gasteiger partial charge in [-0.05, 0) is 61.9 Å². The molecule has 0 N–H and O–H groups in total. The molecule has 0 bridgehead atoms.